The predicted molar refractivity (Wildman–Crippen MR) is 66.1 cm³/mol. The maximum Gasteiger partial charge on any atom is 0.182 e. The summed E-state index contributed by atoms with van der Waals surface area (Å²) in [5.41, 5.74) is 0.502. The number of hydrogen-bond acceptors (Lipinski definition) is 3. The monoisotopic (exact) mass is 232 g/mol. The molecule has 0 aliphatic rings. The van der Waals surface area contributed by atoms with Gasteiger partial charge < -0.3 is 15.3 Å². The van der Waals surface area contributed by atoms with Crippen LogP contribution < -0.4 is 0 Å². The van der Waals surface area contributed by atoms with Crippen molar-refractivity contribution in [1.29, 1.82) is 0 Å². The summed E-state index contributed by atoms with van der Waals surface area (Å²) in [4.78, 5) is 0. The average Bonchev–Trinajstić information content (AvgIpc) is 2.41. The van der Waals surface area contributed by atoms with Crippen molar-refractivity contribution in [2.24, 2.45) is 0 Å². The molecule has 0 heterocycles. The molecule has 0 amide bonds. The molecule has 1 unspecified atom stereocenters. The quantitative estimate of drug-likeness (QED) is 0.691. The van der Waals surface area contributed by atoms with Gasteiger partial charge in [0.05, 0.1) is 0 Å². The highest BCUT2D eigenvalue weighted by Gasteiger charge is 2.13. The molecule has 90 valence electrons. The van der Waals surface area contributed by atoms with Crippen LogP contribution in [0.4, 0.5) is 0 Å². The number of aliphatic hydroxyl groups excluding tert-OH is 2. The van der Waals surface area contributed by atoms with Crippen molar-refractivity contribution in [2.75, 3.05) is 0 Å². The van der Waals surface area contributed by atoms with Crippen molar-refractivity contribution < 1.29 is 15.3 Å². The Labute approximate surface area is 101 Å². The average molecular weight is 232 g/mol. The van der Waals surface area contributed by atoms with Crippen LogP contribution in [0.25, 0.3) is 0 Å². The van der Waals surface area contributed by atoms with E-state index in [2.05, 4.69) is 0 Å². The number of benzene rings is 2. The van der Waals surface area contributed by atoms with Crippen molar-refractivity contribution in [2.45, 2.75) is 12.4 Å². The molecule has 0 saturated heterocycles. The Morgan fingerprint density at radius 1 is 0.588 bits per heavy atom. The fourth-order valence-electron chi connectivity index (χ4n) is 1.21. The zero-order chi connectivity index (χ0) is 12.5. The Bertz CT molecular complexity index is 360. The van der Waals surface area contributed by atoms with Crippen LogP contribution in [0.2, 0.25) is 0 Å². The van der Waals surface area contributed by atoms with E-state index in [9.17, 15) is 0 Å². The molecule has 2 aromatic rings. The van der Waals surface area contributed by atoms with Crippen LogP contribution in [-0.4, -0.2) is 21.6 Å². The Morgan fingerprint density at radius 2 is 0.941 bits per heavy atom. The minimum atomic E-state index is -1.71. The fourth-order valence-corrected chi connectivity index (χ4v) is 1.21. The lowest BCUT2D eigenvalue weighted by atomic mass is 10.1. The highest BCUT2D eigenvalue weighted by atomic mass is 16.5. The molecule has 0 aromatic heterocycles. The van der Waals surface area contributed by atoms with Gasteiger partial charge in [-0.05, 0) is 5.56 Å². The topological polar surface area (TPSA) is 60.7 Å². The maximum absolute atomic E-state index is 9.10. The first-order chi connectivity index (χ1) is 8.22. The Balaban J connectivity index is 0.000000202. The van der Waals surface area contributed by atoms with Crippen molar-refractivity contribution >= 4 is 0 Å². The SMILES string of the molecule is OC(O)C(O)c1ccccc1.c1ccccc1. The second-order valence-corrected chi connectivity index (χ2v) is 3.42. The second-order valence-electron chi connectivity index (χ2n) is 3.42. The van der Waals surface area contributed by atoms with Gasteiger partial charge in [-0.1, -0.05) is 66.7 Å². The molecule has 2 rings (SSSR count). The molecule has 3 heteroatoms. The Hall–Kier alpha value is -1.68. The van der Waals surface area contributed by atoms with Gasteiger partial charge in [0.25, 0.3) is 0 Å². The van der Waals surface area contributed by atoms with Crippen molar-refractivity contribution in [1.82, 2.24) is 0 Å². The van der Waals surface area contributed by atoms with Gasteiger partial charge in [-0.25, -0.2) is 0 Å². The zero-order valence-electron chi connectivity index (χ0n) is 9.35. The van der Waals surface area contributed by atoms with E-state index >= 15 is 0 Å². The zero-order valence-corrected chi connectivity index (χ0v) is 9.35. The van der Waals surface area contributed by atoms with E-state index in [-0.39, 0.29) is 0 Å². The standard InChI is InChI=1S/C8H10O3.C6H6/c9-7(8(10)11)6-4-2-1-3-5-6;1-2-4-6-5-3-1/h1-5,7-11H;1-6H. The lowest BCUT2D eigenvalue weighted by Gasteiger charge is -2.11. The molecule has 3 nitrogen and oxygen atoms in total. The first kappa shape index (κ1) is 13.4. The van der Waals surface area contributed by atoms with Gasteiger partial charge >= 0.3 is 0 Å². The third kappa shape index (κ3) is 5.26. The van der Waals surface area contributed by atoms with Gasteiger partial charge in [-0.15, -0.1) is 0 Å². The van der Waals surface area contributed by atoms with Crippen LogP contribution in [0.15, 0.2) is 66.7 Å². The van der Waals surface area contributed by atoms with Crippen LogP contribution in [-0.2, 0) is 0 Å². The molecule has 0 spiro atoms. The van der Waals surface area contributed by atoms with E-state index in [0.717, 1.165) is 0 Å². The first-order valence-electron chi connectivity index (χ1n) is 5.31. The molecule has 3 N–H and O–H groups in total. The van der Waals surface area contributed by atoms with Crippen LogP contribution >= 0.6 is 0 Å². The fraction of sp³-hybridized carbons (Fsp3) is 0.143. The summed E-state index contributed by atoms with van der Waals surface area (Å²) < 4.78 is 0. The van der Waals surface area contributed by atoms with Gasteiger partial charge in [-0.2, -0.15) is 0 Å². The molecule has 0 aliphatic heterocycles. The Kier molecular flexibility index (Phi) is 5.96. The highest BCUT2D eigenvalue weighted by Crippen LogP contribution is 2.13. The minimum Gasteiger partial charge on any atom is -0.383 e. The van der Waals surface area contributed by atoms with Gasteiger partial charge in [0.1, 0.15) is 6.10 Å². The molecule has 0 bridgehead atoms. The van der Waals surface area contributed by atoms with E-state index in [1.165, 1.54) is 0 Å². The van der Waals surface area contributed by atoms with Gasteiger partial charge in [0, 0.05) is 0 Å². The summed E-state index contributed by atoms with van der Waals surface area (Å²) >= 11 is 0. The summed E-state index contributed by atoms with van der Waals surface area (Å²) in [5.74, 6) is 0. The normalized spacial score (nSPS) is 11.5. The van der Waals surface area contributed by atoms with Gasteiger partial charge in [0.2, 0.25) is 0 Å². The maximum atomic E-state index is 9.10. The molecular weight excluding hydrogens is 216 g/mol. The summed E-state index contributed by atoms with van der Waals surface area (Å²) in [7, 11) is 0. The third-order valence-electron chi connectivity index (χ3n) is 2.09. The molecule has 2 aromatic carbocycles. The predicted octanol–water partition coefficient (Wildman–Crippen LogP) is 1.72. The van der Waals surface area contributed by atoms with Crippen molar-refractivity contribution in [3.05, 3.63) is 72.3 Å². The second kappa shape index (κ2) is 7.57. The summed E-state index contributed by atoms with van der Waals surface area (Å²) in [6.07, 6.45) is -2.92. The van der Waals surface area contributed by atoms with Crippen LogP contribution in [0, 0.1) is 0 Å². The lowest BCUT2D eigenvalue weighted by Crippen LogP contribution is -2.16. The largest absolute Gasteiger partial charge is 0.383 e. The highest BCUT2D eigenvalue weighted by molar-refractivity contribution is 5.17. The summed E-state index contributed by atoms with van der Waals surface area (Å²) in [6.45, 7) is 0. The summed E-state index contributed by atoms with van der Waals surface area (Å²) in [6, 6.07) is 20.5. The first-order valence-corrected chi connectivity index (χ1v) is 5.31. The number of hydrogen-bond donors (Lipinski definition) is 3. The van der Waals surface area contributed by atoms with Crippen LogP contribution in [0.5, 0.6) is 0 Å². The van der Waals surface area contributed by atoms with Gasteiger partial charge in [0.15, 0.2) is 6.29 Å². The third-order valence-corrected chi connectivity index (χ3v) is 2.09. The summed E-state index contributed by atoms with van der Waals surface area (Å²) in [5, 5.41) is 26.3. The van der Waals surface area contributed by atoms with E-state index in [0.29, 0.717) is 5.56 Å². The number of aliphatic hydroxyl groups is 3. The smallest absolute Gasteiger partial charge is 0.182 e. The van der Waals surface area contributed by atoms with Crippen molar-refractivity contribution in [3.63, 3.8) is 0 Å². The lowest BCUT2D eigenvalue weighted by molar-refractivity contribution is -0.123. The van der Waals surface area contributed by atoms with E-state index in [1.807, 2.05) is 36.4 Å². The molecule has 0 fully saturated rings. The van der Waals surface area contributed by atoms with Crippen molar-refractivity contribution in [3.8, 4) is 0 Å². The molecule has 1 atom stereocenters. The molecule has 0 saturated carbocycles. The molecule has 0 aliphatic carbocycles. The van der Waals surface area contributed by atoms with E-state index in [1.54, 1.807) is 30.3 Å². The molecular formula is C14H16O3. The van der Waals surface area contributed by atoms with E-state index < -0.39 is 12.4 Å². The minimum absolute atomic E-state index is 0.502. The van der Waals surface area contributed by atoms with Crippen LogP contribution in [0.1, 0.15) is 11.7 Å². The molecule has 17 heavy (non-hydrogen) atoms. The Morgan fingerprint density at radius 3 is 1.29 bits per heavy atom. The number of rotatable bonds is 2. The van der Waals surface area contributed by atoms with E-state index in [4.69, 9.17) is 15.3 Å². The van der Waals surface area contributed by atoms with Crippen LogP contribution in [0.3, 0.4) is 0 Å². The molecule has 0 radical (unpaired) electrons. The van der Waals surface area contributed by atoms with Gasteiger partial charge in [-0.3, -0.25) is 0 Å².